The molecule has 0 saturated carbocycles. The third-order valence-electron chi connectivity index (χ3n) is 7.79. The van der Waals surface area contributed by atoms with Crippen LogP contribution in [0.4, 0.5) is 11.8 Å². The van der Waals surface area contributed by atoms with E-state index in [0.29, 0.717) is 18.1 Å². The Morgan fingerprint density at radius 3 is 2.63 bits per heavy atom. The summed E-state index contributed by atoms with van der Waals surface area (Å²) < 4.78 is 2.13. The van der Waals surface area contributed by atoms with Crippen molar-refractivity contribution in [2.24, 2.45) is 0 Å². The normalized spacial score (nSPS) is 21.5. The second-order valence-electron chi connectivity index (χ2n) is 9.95. The Hall–Kier alpha value is -3.45. The van der Waals surface area contributed by atoms with Crippen LogP contribution < -0.4 is 10.2 Å². The molecule has 2 unspecified atom stereocenters. The van der Waals surface area contributed by atoms with Crippen LogP contribution in [0, 0.1) is 0 Å². The highest BCUT2D eigenvalue weighted by molar-refractivity contribution is 5.68. The number of nitrogens with one attached hydrogen (secondary N) is 1. The van der Waals surface area contributed by atoms with E-state index < -0.39 is 0 Å². The van der Waals surface area contributed by atoms with Crippen LogP contribution in [0.3, 0.4) is 0 Å². The first-order chi connectivity index (χ1) is 17.1. The van der Waals surface area contributed by atoms with Crippen LogP contribution in [0.1, 0.15) is 45.2 Å². The summed E-state index contributed by atoms with van der Waals surface area (Å²) in [5.74, 6) is 1.84. The molecule has 1 aromatic carbocycles. The van der Waals surface area contributed by atoms with Gasteiger partial charge in [0, 0.05) is 67.5 Å². The summed E-state index contributed by atoms with van der Waals surface area (Å²) in [5.41, 5.74) is 4.13. The summed E-state index contributed by atoms with van der Waals surface area (Å²) in [5, 5.41) is 3.54. The van der Waals surface area contributed by atoms with Gasteiger partial charge in [0.2, 0.25) is 5.95 Å². The topological polar surface area (TPSA) is 61.6 Å². The number of nitrogens with zero attached hydrogens (tertiary/aromatic N) is 6. The van der Waals surface area contributed by atoms with Crippen molar-refractivity contribution < 1.29 is 0 Å². The van der Waals surface area contributed by atoms with Gasteiger partial charge in [-0.1, -0.05) is 37.3 Å². The van der Waals surface area contributed by atoms with E-state index in [1.165, 1.54) is 18.4 Å². The fourth-order valence-corrected chi connectivity index (χ4v) is 5.69. The summed E-state index contributed by atoms with van der Waals surface area (Å²) in [7, 11) is 0. The van der Waals surface area contributed by atoms with E-state index in [1.807, 2.05) is 30.7 Å². The van der Waals surface area contributed by atoms with Crippen LogP contribution >= 0.6 is 0 Å². The van der Waals surface area contributed by atoms with Crippen molar-refractivity contribution in [2.45, 2.75) is 57.8 Å². The highest BCUT2D eigenvalue weighted by Crippen LogP contribution is 2.36. The minimum atomic E-state index is 0.158. The number of hydrogen-bond donors (Lipinski definition) is 1. The first-order valence-corrected chi connectivity index (χ1v) is 12.7. The van der Waals surface area contributed by atoms with Crippen molar-refractivity contribution in [1.29, 1.82) is 0 Å². The van der Waals surface area contributed by atoms with Crippen molar-refractivity contribution in [3.8, 4) is 11.3 Å². The highest BCUT2D eigenvalue weighted by atomic mass is 15.4. The number of benzene rings is 1. The molecule has 2 fully saturated rings. The third kappa shape index (κ3) is 4.04. The van der Waals surface area contributed by atoms with E-state index in [0.717, 1.165) is 41.8 Å². The van der Waals surface area contributed by atoms with Gasteiger partial charge in [-0.15, -0.1) is 0 Å². The van der Waals surface area contributed by atoms with Gasteiger partial charge in [-0.2, -0.15) is 0 Å². The fourth-order valence-electron chi connectivity index (χ4n) is 5.69. The average Bonchev–Trinajstić information content (AvgIpc) is 3.64. The number of aromatic nitrogens is 4. The molecular weight excluding hydrogens is 434 g/mol. The summed E-state index contributed by atoms with van der Waals surface area (Å²) in [6.45, 7) is 8.93. The van der Waals surface area contributed by atoms with Crippen molar-refractivity contribution >= 4 is 17.4 Å². The highest BCUT2D eigenvalue weighted by Gasteiger charge is 2.45. The van der Waals surface area contributed by atoms with Gasteiger partial charge in [0.15, 0.2) is 0 Å². The van der Waals surface area contributed by atoms with E-state index in [-0.39, 0.29) is 6.04 Å². The SMILES string of the molecule is CC[C@@H](C)N1CC2CC1CN2c1nc(-c2ccnc(N[C@@H](C)c3ccccc3)c2)cc2nccn12. The number of hydrogen-bond acceptors (Lipinski definition) is 6. The lowest BCUT2D eigenvalue weighted by Gasteiger charge is -2.38. The van der Waals surface area contributed by atoms with Gasteiger partial charge in [-0.3, -0.25) is 9.30 Å². The van der Waals surface area contributed by atoms with Crippen molar-refractivity contribution in [2.75, 3.05) is 23.3 Å². The Labute approximate surface area is 206 Å². The molecule has 4 atom stereocenters. The van der Waals surface area contributed by atoms with Gasteiger partial charge in [-0.25, -0.2) is 15.0 Å². The molecule has 35 heavy (non-hydrogen) atoms. The van der Waals surface area contributed by atoms with Gasteiger partial charge in [0.05, 0.1) is 5.69 Å². The van der Waals surface area contributed by atoms with Crippen LogP contribution in [0.15, 0.2) is 67.1 Å². The number of fused-ring (bicyclic) bond motifs is 3. The van der Waals surface area contributed by atoms with Crippen LogP contribution in [0.25, 0.3) is 16.9 Å². The summed E-state index contributed by atoms with van der Waals surface area (Å²) in [4.78, 5) is 19.6. The molecule has 0 radical (unpaired) electrons. The van der Waals surface area contributed by atoms with Gasteiger partial charge in [-0.05, 0) is 44.4 Å². The quantitative estimate of drug-likeness (QED) is 0.412. The molecule has 0 spiro atoms. The minimum absolute atomic E-state index is 0.158. The number of imidazole rings is 1. The lowest BCUT2D eigenvalue weighted by atomic mass is 10.1. The Kier molecular flexibility index (Phi) is 5.65. The van der Waals surface area contributed by atoms with Crippen LogP contribution in [-0.4, -0.2) is 55.5 Å². The Balaban J connectivity index is 1.30. The molecule has 2 saturated heterocycles. The zero-order valence-corrected chi connectivity index (χ0v) is 20.7. The molecule has 2 aliphatic rings. The minimum Gasteiger partial charge on any atom is -0.364 e. The first kappa shape index (κ1) is 22.0. The second kappa shape index (κ2) is 8.96. The molecule has 7 heteroatoms. The number of piperazine rings is 1. The molecule has 7 nitrogen and oxygen atoms in total. The number of pyridine rings is 1. The van der Waals surface area contributed by atoms with Crippen LogP contribution in [0.2, 0.25) is 0 Å². The Bertz CT molecular complexity index is 1320. The lowest BCUT2D eigenvalue weighted by Crippen LogP contribution is -2.50. The van der Waals surface area contributed by atoms with Crippen LogP contribution in [-0.2, 0) is 0 Å². The monoisotopic (exact) mass is 467 g/mol. The summed E-state index contributed by atoms with van der Waals surface area (Å²) in [6.07, 6.45) is 8.16. The maximum Gasteiger partial charge on any atom is 0.212 e. The maximum absolute atomic E-state index is 5.19. The van der Waals surface area contributed by atoms with Crippen LogP contribution in [0.5, 0.6) is 0 Å². The fraction of sp³-hybridized carbons (Fsp3) is 0.393. The molecular formula is C28H33N7. The molecule has 2 bridgehead atoms. The number of anilines is 2. The van der Waals surface area contributed by atoms with Crippen molar-refractivity contribution in [3.05, 3.63) is 72.7 Å². The average molecular weight is 468 g/mol. The second-order valence-corrected chi connectivity index (χ2v) is 9.95. The number of likely N-dealkylation sites (tertiary alicyclic amines) is 1. The zero-order valence-electron chi connectivity index (χ0n) is 20.7. The molecule has 0 amide bonds. The largest absolute Gasteiger partial charge is 0.364 e. The molecule has 4 aromatic rings. The van der Waals surface area contributed by atoms with Gasteiger partial charge in [0.25, 0.3) is 0 Å². The molecule has 6 rings (SSSR count). The van der Waals surface area contributed by atoms with Gasteiger partial charge in [0.1, 0.15) is 11.5 Å². The first-order valence-electron chi connectivity index (χ1n) is 12.7. The Morgan fingerprint density at radius 2 is 1.86 bits per heavy atom. The summed E-state index contributed by atoms with van der Waals surface area (Å²) in [6, 6.07) is 18.5. The molecule has 1 N–H and O–H groups in total. The maximum atomic E-state index is 5.19. The lowest BCUT2D eigenvalue weighted by molar-refractivity contribution is 0.175. The standard InChI is InChI=1S/C28H33N7/c1-4-19(2)34-17-24-15-23(34)18-35(24)28-32-25(16-27-30-12-13-33(27)28)22-10-11-29-26(14-22)31-20(3)21-8-6-5-7-9-21/h5-14,16,19-20,23-24H,4,15,17-18H2,1-3H3,(H,29,31)/t19-,20+,23?,24?/m1/s1. The molecule has 0 aliphatic carbocycles. The molecule has 180 valence electrons. The molecule has 5 heterocycles. The van der Waals surface area contributed by atoms with E-state index in [1.54, 1.807) is 0 Å². The smallest absolute Gasteiger partial charge is 0.212 e. The number of rotatable bonds is 7. The summed E-state index contributed by atoms with van der Waals surface area (Å²) >= 11 is 0. The van der Waals surface area contributed by atoms with Gasteiger partial charge < -0.3 is 10.2 Å². The Morgan fingerprint density at radius 1 is 1.00 bits per heavy atom. The van der Waals surface area contributed by atoms with Gasteiger partial charge >= 0.3 is 0 Å². The predicted octanol–water partition coefficient (Wildman–Crippen LogP) is 5.03. The van der Waals surface area contributed by atoms with Crippen molar-refractivity contribution in [1.82, 2.24) is 24.3 Å². The van der Waals surface area contributed by atoms with E-state index in [9.17, 15) is 0 Å². The van der Waals surface area contributed by atoms with E-state index in [4.69, 9.17) is 4.98 Å². The third-order valence-corrected chi connectivity index (χ3v) is 7.79. The molecule has 2 aliphatic heterocycles. The van der Waals surface area contributed by atoms with E-state index >= 15 is 0 Å². The zero-order chi connectivity index (χ0) is 23.9. The van der Waals surface area contributed by atoms with Crippen molar-refractivity contribution in [3.63, 3.8) is 0 Å². The molecule has 3 aromatic heterocycles. The van der Waals surface area contributed by atoms with E-state index in [2.05, 4.69) is 86.7 Å². The predicted molar refractivity (Wildman–Crippen MR) is 141 cm³/mol.